The van der Waals surface area contributed by atoms with E-state index in [1.807, 2.05) is 0 Å². The molecule has 0 amide bonds. The Morgan fingerprint density at radius 1 is 1.07 bits per heavy atom. The predicted molar refractivity (Wildman–Crippen MR) is 20.3 cm³/mol. The average Bonchev–Trinajstić information content (AvgIpc) is 1.47. The fourth-order valence-corrected chi connectivity index (χ4v) is 1.74. The first-order valence-electron chi connectivity index (χ1n) is 2.24. The third kappa shape index (κ3) is 49.0. The summed E-state index contributed by atoms with van der Waals surface area (Å²) >= 11 is -12.1. The number of rotatable bonds is 2. The van der Waals surface area contributed by atoms with Gasteiger partial charge in [-0.05, 0) is 6.92 Å². The number of carboxylic acid groups (broad SMARTS) is 1. The Morgan fingerprint density at radius 3 is 1.20 bits per heavy atom. The van der Waals surface area contributed by atoms with Crippen LogP contribution in [0.25, 0.3) is 0 Å². The van der Waals surface area contributed by atoms with Gasteiger partial charge in [-0.25, -0.2) is 0 Å². The monoisotopic (exact) mass is 338 g/mol. The molecule has 0 bridgehead atoms. The second-order valence-electron chi connectivity index (χ2n) is 1.38. The molecule has 0 N–H and O–H groups in total. The predicted octanol–water partition coefficient (Wildman–Crippen LogP) is -7.55. The van der Waals surface area contributed by atoms with E-state index in [9.17, 15) is 23.5 Å². The quantitative estimate of drug-likeness (QED) is 0.445. The topological polar surface area (TPSA) is 164 Å². The molecule has 0 aliphatic carbocycles. The maximum atomic E-state index is 9.38. The molecule has 0 spiro atoms. The van der Waals surface area contributed by atoms with Gasteiger partial charge in [-0.15, -0.1) is 0 Å². The summed E-state index contributed by atoms with van der Waals surface area (Å²) in [5.41, 5.74) is 0. The van der Waals surface area contributed by atoms with Crippen LogP contribution in [-0.2, 0) is 50.1 Å². The van der Waals surface area contributed by atoms with Crippen LogP contribution in [0.15, 0.2) is 0 Å². The van der Waals surface area contributed by atoms with Gasteiger partial charge in [0, 0.05) is 5.97 Å². The van der Waals surface area contributed by atoms with Crippen LogP contribution in [-0.4, -0.2) is 29.0 Å². The summed E-state index contributed by atoms with van der Waals surface area (Å²) in [7, 11) is 0. The zero-order valence-corrected chi connectivity index (χ0v) is 14.8. The van der Waals surface area contributed by atoms with Crippen molar-refractivity contribution in [3.63, 3.8) is 0 Å². The minimum absolute atomic E-state index is 0. The van der Waals surface area contributed by atoms with Crippen molar-refractivity contribution in [2.24, 2.45) is 0 Å². The number of carbonyl (C=O) groups is 1. The first-order chi connectivity index (χ1) is 5.44. The van der Waals surface area contributed by atoms with Crippen LogP contribution in [0.5, 0.6) is 0 Å². The van der Waals surface area contributed by atoms with Crippen LogP contribution >= 0.6 is 0 Å². The summed E-state index contributed by atoms with van der Waals surface area (Å²) < 4.78 is 58.9. The normalized spacial score (nSPS) is 9.80. The summed E-state index contributed by atoms with van der Waals surface area (Å²) in [6.07, 6.45) is 0. The van der Waals surface area contributed by atoms with E-state index in [1.165, 1.54) is 0 Å². The summed E-state index contributed by atoms with van der Waals surface area (Å²) in [6, 6.07) is 0. The molecule has 15 heavy (non-hydrogen) atoms. The van der Waals surface area contributed by atoms with Crippen LogP contribution in [0.4, 0.5) is 0 Å². The van der Waals surface area contributed by atoms with Gasteiger partial charge in [-0.1, -0.05) is 0 Å². The van der Waals surface area contributed by atoms with Crippen molar-refractivity contribution in [2.75, 3.05) is 0 Å². The second kappa shape index (κ2) is 11.1. The molecule has 0 fully saturated rings. The summed E-state index contributed by atoms with van der Waals surface area (Å²) in [6.45, 7) is 0.972. The van der Waals surface area contributed by atoms with E-state index in [-0.39, 0.29) is 74.4 Å². The zero-order valence-electron chi connectivity index (χ0n) is 7.70. The van der Waals surface area contributed by atoms with Crippen molar-refractivity contribution >= 4 is 29.0 Å². The molecule has 0 heterocycles. The number of aliphatic carboxylic acids is 1. The molecule has 0 aliphatic rings. The molecule has 0 saturated heterocycles. The molecule has 0 atom stereocenters. The molecular formula is C2H3Cr2KMgO9. The van der Waals surface area contributed by atoms with Crippen LogP contribution in [0, 0.1) is 0 Å². The van der Waals surface area contributed by atoms with E-state index in [1.54, 1.807) is 0 Å². The van der Waals surface area contributed by atoms with Gasteiger partial charge in [0.05, 0.1) is 0 Å². The number of hydrogen-bond acceptors (Lipinski definition) is 9. The van der Waals surface area contributed by atoms with Gasteiger partial charge in [-0.3, -0.25) is 0 Å². The molecule has 0 rings (SSSR count). The summed E-state index contributed by atoms with van der Waals surface area (Å²) in [4.78, 5) is 8.89. The first kappa shape index (κ1) is 25.8. The maximum absolute atomic E-state index is 9.38. The van der Waals surface area contributed by atoms with E-state index in [2.05, 4.69) is 2.84 Å². The van der Waals surface area contributed by atoms with Crippen molar-refractivity contribution in [3.8, 4) is 0 Å². The first-order valence-corrected chi connectivity index (χ1v) is 6.41. The molecule has 0 radical (unpaired) electrons. The van der Waals surface area contributed by atoms with Crippen molar-refractivity contribution in [2.45, 2.75) is 6.92 Å². The Hall–Kier alpha value is 2.02. The van der Waals surface area contributed by atoms with Crippen molar-refractivity contribution in [1.29, 1.82) is 0 Å². The van der Waals surface area contributed by atoms with Crippen molar-refractivity contribution < 1.29 is 115 Å². The van der Waals surface area contributed by atoms with Crippen LogP contribution in [0.1, 0.15) is 6.92 Å². The molecule has 9 nitrogen and oxygen atoms in total. The van der Waals surface area contributed by atoms with Gasteiger partial charge in [0.1, 0.15) is 0 Å². The molecule has 0 saturated carbocycles. The molecule has 13 heteroatoms. The van der Waals surface area contributed by atoms with E-state index < -0.39 is 33.2 Å². The van der Waals surface area contributed by atoms with Crippen molar-refractivity contribution in [1.82, 2.24) is 0 Å². The van der Waals surface area contributed by atoms with Crippen LogP contribution in [0.2, 0.25) is 0 Å². The molecule has 0 aromatic carbocycles. The third-order valence-corrected chi connectivity index (χ3v) is 2.83. The molecule has 0 aromatic heterocycles. The van der Waals surface area contributed by atoms with Gasteiger partial charge in [-0.2, -0.15) is 0 Å². The fraction of sp³-hybridized carbons (Fsp3) is 0.500. The fourth-order valence-electron chi connectivity index (χ4n) is 0.102. The molecule has 0 aromatic rings. The SMILES string of the molecule is CC(=O)[O-].[K+].[Mg+2].[O]=[Cr](=[O])([O-])[O][Cr](=[O])(=[O])[O-]. The number of carboxylic acids is 1. The summed E-state index contributed by atoms with van der Waals surface area (Å²) in [5.74, 6) is -1.08. The van der Waals surface area contributed by atoms with Gasteiger partial charge in [0.2, 0.25) is 0 Å². The minimum atomic E-state index is -6.07. The Labute approximate surface area is 148 Å². The van der Waals surface area contributed by atoms with Crippen LogP contribution in [0.3, 0.4) is 0 Å². The molecule has 0 unspecified atom stereocenters. The third-order valence-electron chi connectivity index (χ3n) is 0.167. The van der Waals surface area contributed by atoms with E-state index in [4.69, 9.17) is 9.90 Å². The molecular weight excluding hydrogens is 335 g/mol. The Kier molecular flexibility index (Phi) is 19.1. The molecule has 80 valence electrons. The van der Waals surface area contributed by atoms with Gasteiger partial charge in [0.15, 0.2) is 0 Å². The van der Waals surface area contributed by atoms with Crippen molar-refractivity contribution in [3.05, 3.63) is 0 Å². The van der Waals surface area contributed by atoms with Gasteiger partial charge in [0.25, 0.3) is 0 Å². The summed E-state index contributed by atoms with van der Waals surface area (Å²) in [5, 5.41) is 8.89. The number of hydrogen-bond donors (Lipinski definition) is 0. The standard InChI is InChI=1S/C2H4O2.2Cr.K.Mg.7O/c1-2(3)4;;;;;;;;;;;/h1H3,(H,3,4);;;;;;;;;;;/q;;;+1;+2;;;;;;2*-1/p-1. The van der Waals surface area contributed by atoms with Gasteiger partial charge >= 0.3 is 128 Å². The average molecular weight is 338 g/mol. The zero-order chi connectivity index (χ0) is 11.3. The number of carbonyl (C=O) groups excluding carboxylic acids is 1. The van der Waals surface area contributed by atoms with Crippen LogP contribution < -0.4 is 64.8 Å². The Balaban J connectivity index is -0.0000000883. The van der Waals surface area contributed by atoms with E-state index >= 15 is 0 Å². The van der Waals surface area contributed by atoms with E-state index in [0.717, 1.165) is 6.92 Å². The van der Waals surface area contributed by atoms with Gasteiger partial charge < -0.3 is 9.90 Å². The van der Waals surface area contributed by atoms with E-state index in [0.29, 0.717) is 0 Å². The Morgan fingerprint density at radius 2 is 1.20 bits per heavy atom. The molecule has 0 aliphatic heterocycles. The Bertz CT molecular complexity index is 322. The second-order valence-corrected chi connectivity index (χ2v) is 5.01.